The van der Waals surface area contributed by atoms with E-state index in [1.807, 2.05) is 24.3 Å². The van der Waals surface area contributed by atoms with E-state index in [1.165, 1.54) is 15.9 Å². The van der Waals surface area contributed by atoms with Gasteiger partial charge >= 0.3 is 0 Å². The second-order valence-electron chi connectivity index (χ2n) is 6.75. The van der Waals surface area contributed by atoms with E-state index >= 15 is 0 Å². The van der Waals surface area contributed by atoms with Crippen molar-refractivity contribution >= 4 is 27.9 Å². The summed E-state index contributed by atoms with van der Waals surface area (Å²) in [5.74, 6) is 0.810. The van der Waals surface area contributed by atoms with E-state index in [4.69, 9.17) is 5.73 Å². The van der Waals surface area contributed by atoms with Gasteiger partial charge in [0.25, 0.3) is 5.56 Å². The SMILES string of the molecule is NCCC(=O)Cc1cccc(-c2nn3c(=O)cc(N4CCNCC4)nc3s2)c1. The monoisotopic (exact) mass is 398 g/mol. The molecule has 8 nitrogen and oxygen atoms in total. The quantitative estimate of drug-likeness (QED) is 0.629. The molecule has 0 amide bonds. The Hall–Kier alpha value is -2.62. The van der Waals surface area contributed by atoms with Crippen LogP contribution in [-0.2, 0) is 11.2 Å². The molecular weight excluding hydrogens is 376 g/mol. The highest BCUT2D eigenvalue weighted by molar-refractivity contribution is 7.19. The Balaban J connectivity index is 1.65. The molecule has 1 saturated heterocycles. The number of piperazine rings is 1. The number of benzene rings is 1. The van der Waals surface area contributed by atoms with Crippen LogP contribution in [0.15, 0.2) is 35.1 Å². The standard InChI is InChI=1S/C19H22N6O2S/c20-5-4-15(26)11-13-2-1-3-14(10-13)18-23-25-17(27)12-16(22-19(25)28-18)24-8-6-21-7-9-24/h1-3,10,12,21H,4-9,11,20H2. The van der Waals surface area contributed by atoms with Gasteiger partial charge in [0.05, 0.1) is 0 Å². The summed E-state index contributed by atoms with van der Waals surface area (Å²) < 4.78 is 1.35. The van der Waals surface area contributed by atoms with Gasteiger partial charge in [-0.05, 0) is 18.2 Å². The van der Waals surface area contributed by atoms with Crippen LogP contribution in [0.3, 0.4) is 0 Å². The number of ketones is 1. The molecule has 1 fully saturated rings. The molecule has 3 N–H and O–H groups in total. The lowest BCUT2D eigenvalue weighted by atomic mass is 10.0. The van der Waals surface area contributed by atoms with Gasteiger partial charge in [-0.3, -0.25) is 9.59 Å². The fourth-order valence-corrected chi connectivity index (χ4v) is 4.16. The minimum absolute atomic E-state index is 0.113. The largest absolute Gasteiger partial charge is 0.354 e. The maximum absolute atomic E-state index is 12.5. The number of carbonyl (C=O) groups excluding carboxylic acids is 1. The molecular formula is C19H22N6O2S. The molecule has 0 saturated carbocycles. The highest BCUT2D eigenvalue weighted by Gasteiger charge is 2.16. The van der Waals surface area contributed by atoms with Crippen LogP contribution in [0.5, 0.6) is 0 Å². The smallest absolute Gasteiger partial charge is 0.277 e. The van der Waals surface area contributed by atoms with Crippen molar-refractivity contribution in [3.05, 3.63) is 46.2 Å². The Morgan fingerprint density at radius 3 is 2.86 bits per heavy atom. The average Bonchev–Trinajstić information content (AvgIpc) is 3.14. The predicted octanol–water partition coefficient (Wildman–Crippen LogP) is 0.688. The Labute approximate surface area is 166 Å². The van der Waals surface area contributed by atoms with Crippen molar-refractivity contribution in [3.63, 3.8) is 0 Å². The fourth-order valence-electron chi connectivity index (χ4n) is 3.26. The van der Waals surface area contributed by atoms with Gasteiger partial charge in [0.1, 0.15) is 16.6 Å². The number of rotatable bonds is 6. The molecule has 9 heteroatoms. The number of carbonyl (C=O) groups is 1. The topological polar surface area (TPSA) is 106 Å². The van der Waals surface area contributed by atoms with Crippen molar-refractivity contribution in [2.75, 3.05) is 37.6 Å². The second kappa shape index (κ2) is 8.17. The average molecular weight is 398 g/mol. The van der Waals surface area contributed by atoms with Crippen LogP contribution in [0.1, 0.15) is 12.0 Å². The van der Waals surface area contributed by atoms with Crippen LogP contribution in [-0.4, -0.2) is 53.1 Å². The molecule has 2 aromatic heterocycles. The van der Waals surface area contributed by atoms with E-state index in [-0.39, 0.29) is 11.3 Å². The van der Waals surface area contributed by atoms with Crippen molar-refractivity contribution in [1.82, 2.24) is 19.9 Å². The molecule has 4 rings (SSSR count). The highest BCUT2D eigenvalue weighted by atomic mass is 32.1. The molecule has 1 aromatic carbocycles. The van der Waals surface area contributed by atoms with Crippen LogP contribution >= 0.6 is 11.3 Å². The Bertz CT molecular complexity index is 1050. The summed E-state index contributed by atoms with van der Waals surface area (Å²) in [6, 6.07) is 9.22. The van der Waals surface area contributed by atoms with Crippen molar-refractivity contribution in [1.29, 1.82) is 0 Å². The number of fused-ring (bicyclic) bond motifs is 1. The summed E-state index contributed by atoms with van der Waals surface area (Å²) in [5.41, 5.74) is 7.05. The third-order valence-corrected chi connectivity index (χ3v) is 5.63. The van der Waals surface area contributed by atoms with Crippen molar-refractivity contribution in [3.8, 4) is 10.6 Å². The number of hydrogen-bond donors (Lipinski definition) is 2. The van der Waals surface area contributed by atoms with Crippen molar-refractivity contribution in [2.45, 2.75) is 12.8 Å². The van der Waals surface area contributed by atoms with Gasteiger partial charge in [-0.25, -0.2) is 4.98 Å². The molecule has 28 heavy (non-hydrogen) atoms. The normalized spacial score (nSPS) is 14.5. The summed E-state index contributed by atoms with van der Waals surface area (Å²) in [6.07, 6.45) is 0.723. The fraction of sp³-hybridized carbons (Fsp3) is 0.368. The van der Waals surface area contributed by atoms with E-state index in [9.17, 15) is 9.59 Å². The minimum atomic E-state index is -0.185. The molecule has 1 aliphatic heterocycles. The summed E-state index contributed by atoms with van der Waals surface area (Å²) in [7, 11) is 0. The lowest BCUT2D eigenvalue weighted by molar-refractivity contribution is -0.118. The number of nitrogens with one attached hydrogen (secondary N) is 1. The maximum atomic E-state index is 12.5. The first-order chi connectivity index (χ1) is 13.6. The first kappa shape index (κ1) is 18.7. The lowest BCUT2D eigenvalue weighted by Crippen LogP contribution is -2.44. The van der Waals surface area contributed by atoms with Crippen molar-refractivity contribution < 1.29 is 4.79 Å². The first-order valence-electron chi connectivity index (χ1n) is 9.32. The molecule has 3 heterocycles. The summed E-state index contributed by atoms with van der Waals surface area (Å²) in [5, 5.41) is 8.45. The number of anilines is 1. The lowest BCUT2D eigenvalue weighted by Gasteiger charge is -2.27. The number of Topliss-reactive ketones (excluding diaryl/α,β-unsaturated/α-hetero) is 1. The summed E-state index contributed by atoms with van der Waals surface area (Å²) in [6.45, 7) is 3.77. The molecule has 1 aliphatic rings. The maximum Gasteiger partial charge on any atom is 0.277 e. The van der Waals surface area contributed by atoms with Gasteiger partial charge in [-0.2, -0.15) is 9.61 Å². The third kappa shape index (κ3) is 3.96. The van der Waals surface area contributed by atoms with Crippen LogP contribution in [0, 0.1) is 0 Å². The predicted molar refractivity (Wildman–Crippen MR) is 110 cm³/mol. The minimum Gasteiger partial charge on any atom is -0.354 e. The van der Waals surface area contributed by atoms with E-state index in [1.54, 1.807) is 6.07 Å². The number of hydrogen-bond acceptors (Lipinski definition) is 8. The molecule has 0 bridgehead atoms. The number of nitrogens with two attached hydrogens (primary N) is 1. The van der Waals surface area contributed by atoms with E-state index in [0.717, 1.165) is 37.3 Å². The van der Waals surface area contributed by atoms with Crippen molar-refractivity contribution in [2.24, 2.45) is 5.73 Å². The van der Waals surface area contributed by atoms with E-state index < -0.39 is 0 Å². The summed E-state index contributed by atoms with van der Waals surface area (Å²) >= 11 is 1.37. The zero-order chi connectivity index (χ0) is 19.5. The molecule has 3 aromatic rings. The summed E-state index contributed by atoms with van der Waals surface area (Å²) in [4.78, 5) is 31.7. The van der Waals surface area contributed by atoms with Crippen LogP contribution in [0.2, 0.25) is 0 Å². The van der Waals surface area contributed by atoms with E-state index in [0.29, 0.717) is 35.2 Å². The molecule has 146 valence electrons. The number of aromatic nitrogens is 3. The number of nitrogens with zero attached hydrogens (tertiary/aromatic N) is 4. The molecule has 0 aliphatic carbocycles. The van der Waals surface area contributed by atoms with Gasteiger partial charge in [-0.1, -0.05) is 29.5 Å². The Morgan fingerprint density at radius 1 is 1.25 bits per heavy atom. The van der Waals surface area contributed by atoms with Crippen LogP contribution in [0.25, 0.3) is 15.5 Å². The van der Waals surface area contributed by atoms with Gasteiger partial charge in [0.15, 0.2) is 0 Å². The zero-order valence-electron chi connectivity index (χ0n) is 15.4. The first-order valence-corrected chi connectivity index (χ1v) is 10.1. The van der Waals surface area contributed by atoms with Crippen LogP contribution in [0.4, 0.5) is 5.82 Å². The Morgan fingerprint density at radius 2 is 2.07 bits per heavy atom. The van der Waals surface area contributed by atoms with Gasteiger partial charge in [-0.15, -0.1) is 0 Å². The molecule has 0 atom stereocenters. The molecule has 0 spiro atoms. The van der Waals surface area contributed by atoms with Gasteiger partial charge in [0, 0.05) is 50.7 Å². The highest BCUT2D eigenvalue weighted by Crippen LogP contribution is 2.26. The third-order valence-electron chi connectivity index (χ3n) is 4.67. The molecule has 0 unspecified atom stereocenters. The second-order valence-corrected chi connectivity index (χ2v) is 7.70. The molecule has 0 radical (unpaired) electrons. The zero-order valence-corrected chi connectivity index (χ0v) is 16.2. The van der Waals surface area contributed by atoms with E-state index in [2.05, 4.69) is 20.3 Å². The Kier molecular flexibility index (Phi) is 5.47. The van der Waals surface area contributed by atoms with Gasteiger partial charge < -0.3 is 16.0 Å². The van der Waals surface area contributed by atoms with Crippen LogP contribution < -0.4 is 21.5 Å². The van der Waals surface area contributed by atoms with Gasteiger partial charge in [0.2, 0.25) is 4.96 Å².